The maximum Gasteiger partial charge on any atom is 0.167 e. The molecule has 1 saturated heterocycles. The fraction of sp³-hybridized carbons (Fsp3) is 0.179. The van der Waals surface area contributed by atoms with Crippen LogP contribution in [0.5, 0.6) is 0 Å². The van der Waals surface area contributed by atoms with Gasteiger partial charge in [0.15, 0.2) is 11.9 Å². The van der Waals surface area contributed by atoms with Gasteiger partial charge in [-0.3, -0.25) is 0 Å². The van der Waals surface area contributed by atoms with Crippen LogP contribution in [0.2, 0.25) is 0 Å². The first-order valence-electron chi connectivity index (χ1n) is 11.7. The largest absolute Gasteiger partial charge is 0.394 e. The quantitative estimate of drug-likeness (QED) is 0.260. The third kappa shape index (κ3) is 3.04. The fourth-order valence-electron chi connectivity index (χ4n) is 5.28. The Kier molecular flexibility index (Phi) is 4.59. The number of nitrogens with two attached hydrogens (primary N) is 1. The van der Waals surface area contributed by atoms with Crippen LogP contribution in [-0.4, -0.2) is 48.8 Å². The first kappa shape index (κ1) is 21.0. The zero-order valence-corrected chi connectivity index (χ0v) is 19.1. The Bertz CT molecular complexity index is 1840. The summed E-state index contributed by atoms with van der Waals surface area (Å²) >= 11 is 0. The summed E-state index contributed by atoms with van der Waals surface area (Å²) in [4.78, 5) is 8.49. The number of anilines is 1. The van der Waals surface area contributed by atoms with E-state index in [9.17, 15) is 10.2 Å². The second-order valence-electron chi connectivity index (χ2n) is 9.08. The second-order valence-corrected chi connectivity index (χ2v) is 9.08. The predicted molar refractivity (Wildman–Crippen MR) is 137 cm³/mol. The van der Waals surface area contributed by atoms with Gasteiger partial charge in [0.2, 0.25) is 0 Å². The lowest BCUT2D eigenvalue weighted by Crippen LogP contribution is -2.24. The summed E-state index contributed by atoms with van der Waals surface area (Å²) in [5, 5.41) is 32.0. The Morgan fingerprint density at radius 2 is 1.69 bits per heavy atom. The van der Waals surface area contributed by atoms with Crippen molar-refractivity contribution in [3.8, 4) is 11.8 Å². The normalized spacial score (nSPS) is 20.0. The molecule has 0 spiro atoms. The van der Waals surface area contributed by atoms with Crippen molar-refractivity contribution in [2.24, 2.45) is 0 Å². The number of nitrogens with zero attached hydrogens (tertiary/aromatic N) is 4. The molecule has 1 aliphatic heterocycles. The van der Waals surface area contributed by atoms with Crippen molar-refractivity contribution in [3.05, 3.63) is 72.2 Å². The molecule has 7 rings (SSSR count). The molecule has 1 fully saturated rings. The summed E-state index contributed by atoms with van der Waals surface area (Å²) < 4.78 is 7.38. The summed E-state index contributed by atoms with van der Waals surface area (Å²) in [6.45, 7) is -0.282. The van der Waals surface area contributed by atoms with Gasteiger partial charge in [0, 0.05) is 12.0 Å². The number of nitrogen functional groups attached to an aromatic ring is 1. The molecule has 0 radical (unpaired) electrons. The topological polar surface area (TPSA) is 119 Å². The van der Waals surface area contributed by atoms with Crippen molar-refractivity contribution >= 4 is 49.2 Å². The highest BCUT2D eigenvalue weighted by Gasteiger charge is 2.36. The molecule has 6 aromatic rings. The standard InChI is InChI=1S/C28H21N5O3/c29-27-26-20(32-33(28(26)31-14-30-27)23-12-21(35)22(13-34)36-23)11-9-15-4-5-18-7-6-16-2-1-3-17-8-10-19(15)25(18)24(16)17/h1-8,10,14,21-23,34-35H,12-13H2,(H2,29,30,31)/t21-,22+,23+/m0/s1. The summed E-state index contributed by atoms with van der Waals surface area (Å²) in [5.41, 5.74) is 7.99. The number of aromatic nitrogens is 4. The number of hydrogen-bond acceptors (Lipinski definition) is 7. The van der Waals surface area contributed by atoms with Crippen molar-refractivity contribution in [2.45, 2.75) is 24.9 Å². The lowest BCUT2D eigenvalue weighted by molar-refractivity contribution is -0.0470. The molecule has 8 nitrogen and oxygen atoms in total. The van der Waals surface area contributed by atoms with Gasteiger partial charge in [-0.05, 0) is 44.3 Å². The molecule has 3 atom stereocenters. The van der Waals surface area contributed by atoms with Crippen molar-refractivity contribution in [2.75, 3.05) is 12.3 Å². The van der Waals surface area contributed by atoms with Crippen LogP contribution < -0.4 is 5.73 Å². The van der Waals surface area contributed by atoms with Crippen molar-refractivity contribution in [1.82, 2.24) is 19.7 Å². The summed E-state index contributed by atoms with van der Waals surface area (Å²) in [6, 6.07) is 19.0. The van der Waals surface area contributed by atoms with E-state index in [0.717, 1.165) is 10.9 Å². The van der Waals surface area contributed by atoms with Gasteiger partial charge in [-0.1, -0.05) is 54.5 Å². The van der Waals surface area contributed by atoms with Crippen LogP contribution in [-0.2, 0) is 4.74 Å². The van der Waals surface area contributed by atoms with E-state index in [1.807, 2.05) is 6.07 Å². The van der Waals surface area contributed by atoms with Gasteiger partial charge < -0.3 is 20.7 Å². The molecule has 0 unspecified atom stereocenters. The Hall–Kier alpha value is -4.29. The molecule has 2 aromatic heterocycles. The maximum atomic E-state index is 10.2. The predicted octanol–water partition coefficient (Wildman–Crippen LogP) is 3.35. The number of rotatable bonds is 2. The van der Waals surface area contributed by atoms with E-state index in [1.54, 1.807) is 4.68 Å². The number of ether oxygens (including phenoxy) is 1. The van der Waals surface area contributed by atoms with Crippen LogP contribution >= 0.6 is 0 Å². The highest BCUT2D eigenvalue weighted by Crippen LogP contribution is 2.36. The highest BCUT2D eigenvalue weighted by molar-refractivity contribution is 6.23. The minimum atomic E-state index is -0.801. The molecular weight excluding hydrogens is 454 g/mol. The van der Waals surface area contributed by atoms with E-state index in [4.69, 9.17) is 10.5 Å². The van der Waals surface area contributed by atoms with E-state index < -0.39 is 18.4 Å². The van der Waals surface area contributed by atoms with Crippen LogP contribution in [0.4, 0.5) is 5.82 Å². The first-order chi connectivity index (χ1) is 17.6. The molecule has 0 bridgehead atoms. The zero-order chi connectivity index (χ0) is 24.4. The molecule has 4 N–H and O–H groups in total. The van der Waals surface area contributed by atoms with E-state index >= 15 is 0 Å². The smallest absolute Gasteiger partial charge is 0.167 e. The number of fused-ring (bicyclic) bond motifs is 1. The van der Waals surface area contributed by atoms with Crippen LogP contribution in [0.3, 0.4) is 0 Å². The van der Waals surface area contributed by atoms with Gasteiger partial charge in [0.05, 0.1) is 18.1 Å². The number of aliphatic hydroxyl groups is 2. The van der Waals surface area contributed by atoms with Crippen LogP contribution in [0.25, 0.3) is 43.4 Å². The monoisotopic (exact) mass is 475 g/mol. The second kappa shape index (κ2) is 7.86. The zero-order valence-electron chi connectivity index (χ0n) is 19.1. The maximum absolute atomic E-state index is 10.2. The summed E-state index contributed by atoms with van der Waals surface area (Å²) in [6.07, 6.45) is -0.444. The van der Waals surface area contributed by atoms with E-state index in [1.165, 1.54) is 33.3 Å². The summed E-state index contributed by atoms with van der Waals surface area (Å²) in [7, 11) is 0. The Labute approximate surface area is 205 Å². The minimum Gasteiger partial charge on any atom is -0.394 e. The van der Waals surface area contributed by atoms with E-state index in [0.29, 0.717) is 16.7 Å². The Balaban J connectivity index is 1.39. The highest BCUT2D eigenvalue weighted by atomic mass is 16.5. The average molecular weight is 476 g/mol. The molecule has 0 saturated carbocycles. The molecular formula is C28H21N5O3. The van der Waals surface area contributed by atoms with Gasteiger partial charge in [0.1, 0.15) is 23.9 Å². The molecule has 36 heavy (non-hydrogen) atoms. The lowest BCUT2D eigenvalue weighted by Gasteiger charge is -2.12. The van der Waals surface area contributed by atoms with Crippen LogP contribution in [0.15, 0.2) is 60.9 Å². The average Bonchev–Trinajstić information content (AvgIpc) is 3.47. The lowest BCUT2D eigenvalue weighted by atomic mass is 9.92. The van der Waals surface area contributed by atoms with Crippen LogP contribution in [0.1, 0.15) is 23.9 Å². The van der Waals surface area contributed by atoms with Gasteiger partial charge in [-0.15, -0.1) is 0 Å². The van der Waals surface area contributed by atoms with Gasteiger partial charge in [-0.25, -0.2) is 14.6 Å². The molecule has 4 aromatic carbocycles. The van der Waals surface area contributed by atoms with Crippen molar-refractivity contribution < 1.29 is 14.9 Å². The third-order valence-electron chi connectivity index (χ3n) is 7.02. The molecule has 1 aliphatic rings. The SMILES string of the molecule is Nc1ncnc2c1c(C#Cc1ccc3ccc4cccc5ccc1c3c45)nn2[C@H]1C[C@H](O)[C@@H](CO)O1. The van der Waals surface area contributed by atoms with Gasteiger partial charge in [0.25, 0.3) is 0 Å². The molecule has 0 amide bonds. The third-order valence-corrected chi connectivity index (χ3v) is 7.02. The number of hydrogen-bond donors (Lipinski definition) is 3. The number of benzene rings is 4. The van der Waals surface area contributed by atoms with Gasteiger partial charge >= 0.3 is 0 Å². The molecule has 176 valence electrons. The number of aliphatic hydroxyl groups excluding tert-OH is 2. The molecule has 8 heteroatoms. The minimum absolute atomic E-state index is 0.267. The Morgan fingerprint density at radius 3 is 2.47 bits per heavy atom. The Morgan fingerprint density at radius 1 is 0.944 bits per heavy atom. The molecule has 3 heterocycles. The fourth-order valence-corrected chi connectivity index (χ4v) is 5.28. The van der Waals surface area contributed by atoms with Crippen molar-refractivity contribution in [3.63, 3.8) is 0 Å². The van der Waals surface area contributed by atoms with Crippen LogP contribution in [0, 0.1) is 11.8 Å². The van der Waals surface area contributed by atoms with Gasteiger partial charge in [-0.2, -0.15) is 5.10 Å². The van der Waals surface area contributed by atoms with E-state index in [-0.39, 0.29) is 18.8 Å². The van der Waals surface area contributed by atoms with Crippen molar-refractivity contribution in [1.29, 1.82) is 0 Å². The molecule has 0 aliphatic carbocycles. The van der Waals surface area contributed by atoms with E-state index in [2.05, 4.69) is 75.4 Å². The summed E-state index contributed by atoms with van der Waals surface area (Å²) in [5.74, 6) is 6.76. The first-order valence-corrected chi connectivity index (χ1v) is 11.7.